The quantitative estimate of drug-likeness (QED) is 0.366. The fourth-order valence-electron chi connectivity index (χ4n) is 9.84. The van der Waals surface area contributed by atoms with Crippen molar-refractivity contribution in [2.75, 3.05) is 31.2 Å². The Hall–Kier alpha value is -2.60. The van der Waals surface area contributed by atoms with Crippen LogP contribution in [0.15, 0.2) is 40.8 Å². The molecular formula is C35H46N2O4. The third-order valence-electron chi connectivity index (χ3n) is 12.0. The van der Waals surface area contributed by atoms with Gasteiger partial charge in [0.05, 0.1) is 13.2 Å². The molecule has 0 radical (unpaired) electrons. The lowest BCUT2D eigenvalue weighted by atomic mass is 9.44. The highest BCUT2D eigenvalue weighted by Crippen LogP contribution is 2.67. The molecule has 41 heavy (non-hydrogen) atoms. The molecule has 4 fully saturated rings. The molecule has 6 heteroatoms. The van der Waals surface area contributed by atoms with Gasteiger partial charge in [-0.05, 0) is 86.0 Å². The summed E-state index contributed by atoms with van der Waals surface area (Å²) in [5.74, 6) is 4.48. The molecule has 0 amide bonds. The van der Waals surface area contributed by atoms with E-state index in [1.165, 1.54) is 43.2 Å². The van der Waals surface area contributed by atoms with Crippen LogP contribution in [-0.2, 0) is 20.7 Å². The van der Waals surface area contributed by atoms with E-state index in [4.69, 9.17) is 18.9 Å². The predicted molar refractivity (Wildman–Crippen MR) is 159 cm³/mol. The summed E-state index contributed by atoms with van der Waals surface area (Å²) < 4.78 is 18.1. The molecule has 7 rings (SSSR count). The van der Waals surface area contributed by atoms with E-state index in [1.54, 1.807) is 6.92 Å². The lowest BCUT2D eigenvalue weighted by molar-refractivity contribution is -0.158. The maximum Gasteiger partial charge on any atom is 0.302 e. The standard InChI is InChI=1S/C35H46N2O4/c1-23(38)40-26-13-15-34(2)25(22-26)9-10-27-28-11-12-30(35(28,3)16-14-29(27)34)32-36-31(21-24-7-5-4-6-8-24)33(41-32)37-17-19-39-20-18-37/h4-8,12,25-29H,9-11,13-22H2,1-3H3/t25-,26-,27-,28-,29-,34-,35-/m0/s1. The summed E-state index contributed by atoms with van der Waals surface area (Å²) in [5, 5.41) is 0. The second-order valence-corrected chi connectivity index (χ2v) is 14.0. The van der Waals surface area contributed by atoms with Crippen LogP contribution in [-0.4, -0.2) is 43.4 Å². The van der Waals surface area contributed by atoms with Gasteiger partial charge in [0.15, 0.2) is 0 Å². The van der Waals surface area contributed by atoms with Gasteiger partial charge in [-0.15, -0.1) is 0 Å². The van der Waals surface area contributed by atoms with Crippen LogP contribution in [0.1, 0.15) is 89.3 Å². The number of hydrogen-bond acceptors (Lipinski definition) is 6. The van der Waals surface area contributed by atoms with Crippen molar-refractivity contribution in [1.29, 1.82) is 0 Å². The molecule has 220 valence electrons. The number of fused-ring (bicyclic) bond motifs is 5. The minimum atomic E-state index is -0.125. The molecule has 0 spiro atoms. The first kappa shape index (κ1) is 27.2. The van der Waals surface area contributed by atoms with Crippen LogP contribution in [0.25, 0.3) is 5.57 Å². The van der Waals surface area contributed by atoms with Gasteiger partial charge in [-0.25, -0.2) is 4.98 Å². The molecule has 2 aromatic rings. The summed E-state index contributed by atoms with van der Waals surface area (Å²) in [6.45, 7) is 9.78. The molecule has 0 unspecified atom stereocenters. The number of carbonyl (C=O) groups excluding carboxylic acids is 1. The Kier molecular flexibility index (Phi) is 7.04. The van der Waals surface area contributed by atoms with E-state index in [1.807, 2.05) is 0 Å². The van der Waals surface area contributed by atoms with Crippen LogP contribution < -0.4 is 4.90 Å². The lowest BCUT2D eigenvalue weighted by Crippen LogP contribution is -2.53. The molecule has 1 aromatic carbocycles. The fraction of sp³-hybridized carbons (Fsp3) is 0.657. The summed E-state index contributed by atoms with van der Waals surface area (Å²) in [4.78, 5) is 19.2. The fourth-order valence-corrected chi connectivity index (χ4v) is 9.84. The van der Waals surface area contributed by atoms with E-state index in [-0.39, 0.29) is 17.5 Å². The summed E-state index contributed by atoms with van der Waals surface area (Å²) in [6, 6.07) is 10.6. The van der Waals surface area contributed by atoms with E-state index >= 15 is 0 Å². The van der Waals surface area contributed by atoms with Gasteiger partial charge in [0.2, 0.25) is 11.8 Å². The van der Waals surface area contributed by atoms with Crippen molar-refractivity contribution in [1.82, 2.24) is 4.98 Å². The number of benzene rings is 1. The van der Waals surface area contributed by atoms with E-state index in [0.717, 1.165) is 81.3 Å². The van der Waals surface area contributed by atoms with E-state index in [2.05, 4.69) is 55.2 Å². The molecule has 6 nitrogen and oxygen atoms in total. The summed E-state index contributed by atoms with van der Waals surface area (Å²) >= 11 is 0. The number of esters is 1. The highest BCUT2D eigenvalue weighted by Gasteiger charge is 2.59. The Morgan fingerprint density at radius 1 is 1.05 bits per heavy atom. The Morgan fingerprint density at radius 3 is 2.63 bits per heavy atom. The van der Waals surface area contributed by atoms with Crippen molar-refractivity contribution >= 4 is 17.4 Å². The van der Waals surface area contributed by atoms with Gasteiger partial charge in [0.25, 0.3) is 0 Å². The molecule has 4 aliphatic carbocycles. The first-order valence-electron chi connectivity index (χ1n) is 16.1. The topological polar surface area (TPSA) is 64.8 Å². The van der Waals surface area contributed by atoms with Gasteiger partial charge in [-0.3, -0.25) is 4.79 Å². The Balaban J connectivity index is 1.14. The minimum absolute atomic E-state index is 0.108. The van der Waals surface area contributed by atoms with Gasteiger partial charge < -0.3 is 18.8 Å². The number of morpholine rings is 1. The molecule has 0 bridgehead atoms. The van der Waals surface area contributed by atoms with Crippen molar-refractivity contribution in [3.63, 3.8) is 0 Å². The monoisotopic (exact) mass is 558 g/mol. The third kappa shape index (κ3) is 4.74. The number of nitrogens with zero attached hydrogens (tertiary/aromatic N) is 2. The average Bonchev–Trinajstić information content (AvgIpc) is 3.54. The lowest BCUT2D eigenvalue weighted by Gasteiger charge is -2.60. The predicted octanol–water partition coefficient (Wildman–Crippen LogP) is 7.07. The zero-order chi connectivity index (χ0) is 28.2. The van der Waals surface area contributed by atoms with Crippen molar-refractivity contribution in [2.45, 2.75) is 84.7 Å². The summed E-state index contributed by atoms with van der Waals surface area (Å²) in [7, 11) is 0. The number of aromatic nitrogens is 1. The van der Waals surface area contributed by atoms with E-state index < -0.39 is 0 Å². The third-order valence-corrected chi connectivity index (χ3v) is 12.0. The number of oxazole rings is 1. The number of carbonyl (C=O) groups is 1. The molecule has 5 aliphatic rings. The van der Waals surface area contributed by atoms with E-state index in [0.29, 0.717) is 17.3 Å². The average molecular weight is 559 g/mol. The second kappa shape index (κ2) is 10.6. The maximum absolute atomic E-state index is 11.6. The normalized spacial score (nSPS) is 36.6. The van der Waals surface area contributed by atoms with Gasteiger partial charge in [0, 0.05) is 37.4 Å². The number of anilines is 1. The first-order chi connectivity index (χ1) is 19.8. The Morgan fingerprint density at radius 2 is 1.85 bits per heavy atom. The number of hydrogen-bond donors (Lipinski definition) is 0. The molecule has 1 aromatic heterocycles. The summed E-state index contributed by atoms with van der Waals surface area (Å²) in [6.07, 6.45) is 12.8. The van der Waals surface area contributed by atoms with Gasteiger partial charge >= 0.3 is 5.97 Å². The van der Waals surface area contributed by atoms with E-state index in [9.17, 15) is 4.79 Å². The largest absolute Gasteiger partial charge is 0.463 e. The summed E-state index contributed by atoms with van der Waals surface area (Å²) in [5.41, 5.74) is 4.13. The minimum Gasteiger partial charge on any atom is -0.463 e. The Labute approximate surface area is 244 Å². The van der Waals surface area contributed by atoms with Gasteiger partial charge in [-0.2, -0.15) is 0 Å². The van der Waals surface area contributed by atoms with Crippen molar-refractivity contribution in [2.24, 2.45) is 34.5 Å². The van der Waals surface area contributed by atoms with Gasteiger partial charge in [-0.1, -0.05) is 50.3 Å². The SMILES string of the molecule is CC(=O)O[C@H]1CC[C@@]2(C)[C@@H](CC[C@@H]3[C@@H]2CC[C@]2(C)C(c4nc(Cc5ccccc5)c(N5CCOCC5)o4)=CC[C@@H]32)C1. The molecular weight excluding hydrogens is 512 g/mol. The van der Waals surface area contributed by atoms with Gasteiger partial charge in [0.1, 0.15) is 11.8 Å². The Bertz CT molecular complexity index is 1300. The number of allylic oxidation sites excluding steroid dienone is 2. The van der Waals surface area contributed by atoms with Crippen LogP contribution >= 0.6 is 0 Å². The van der Waals surface area contributed by atoms with Crippen LogP contribution in [0, 0.1) is 34.5 Å². The van der Waals surface area contributed by atoms with Crippen molar-refractivity contribution in [3.8, 4) is 0 Å². The van der Waals surface area contributed by atoms with Crippen molar-refractivity contribution in [3.05, 3.63) is 53.6 Å². The van der Waals surface area contributed by atoms with Crippen LogP contribution in [0.3, 0.4) is 0 Å². The zero-order valence-corrected chi connectivity index (χ0v) is 25.1. The first-order valence-corrected chi connectivity index (χ1v) is 16.1. The molecule has 3 saturated carbocycles. The number of ether oxygens (including phenoxy) is 2. The highest BCUT2D eigenvalue weighted by atomic mass is 16.5. The van der Waals surface area contributed by atoms with Crippen molar-refractivity contribution < 1.29 is 18.7 Å². The maximum atomic E-state index is 11.6. The molecule has 1 saturated heterocycles. The van der Waals surface area contributed by atoms with Crippen LogP contribution in [0.2, 0.25) is 0 Å². The molecule has 2 heterocycles. The number of rotatable bonds is 5. The smallest absolute Gasteiger partial charge is 0.302 e. The highest BCUT2D eigenvalue weighted by molar-refractivity contribution is 5.69. The molecule has 7 atom stereocenters. The zero-order valence-electron chi connectivity index (χ0n) is 25.1. The second-order valence-electron chi connectivity index (χ2n) is 14.0. The molecule has 0 N–H and O–H groups in total. The molecule has 1 aliphatic heterocycles. The van der Waals surface area contributed by atoms with Crippen LogP contribution in [0.5, 0.6) is 0 Å². The van der Waals surface area contributed by atoms with Crippen LogP contribution in [0.4, 0.5) is 5.88 Å².